The SMILES string of the molecule is CC(C)C[C@H](C(=O)[C@@H](C(=O)O)N(C(=O)[C@@H](N)CC(=O)O)c1ccccc1)N1C(=O)N(Cc2ccccc2)[C@@](C)(c2ccccc2)C1=O. The number of ketones is 1. The van der Waals surface area contributed by atoms with Crippen LogP contribution in [-0.4, -0.2) is 73.7 Å². The maximum absolute atomic E-state index is 14.6. The van der Waals surface area contributed by atoms with Crippen LogP contribution in [0.3, 0.4) is 0 Å². The molecule has 1 fully saturated rings. The number of hydrogen-bond donors (Lipinski definition) is 3. The molecule has 0 unspecified atom stereocenters. The summed E-state index contributed by atoms with van der Waals surface area (Å²) in [5.74, 6) is -6.41. The van der Waals surface area contributed by atoms with Gasteiger partial charge < -0.3 is 20.8 Å². The first-order valence-corrected chi connectivity index (χ1v) is 15.2. The largest absolute Gasteiger partial charge is 0.481 e. The topological polar surface area (TPSA) is 179 Å². The molecule has 1 aliphatic heterocycles. The first-order valence-electron chi connectivity index (χ1n) is 15.2. The number of amides is 4. The summed E-state index contributed by atoms with van der Waals surface area (Å²) < 4.78 is 0. The number of carbonyl (C=O) groups excluding carboxylic acids is 4. The van der Waals surface area contributed by atoms with Crippen LogP contribution in [0.5, 0.6) is 0 Å². The number of nitrogens with two attached hydrogens (primary N) is 1. The molecule has 12 heteroatoms. The highest BCUT2D eigenvalue weighted by Gasteiger charge is 2.59. The molecule has 246 valence electrons. The summed E-state index contributed by atoms with van der Waals surface area (Å²) in [6.07, 6.45) is -0.937. The zero-order chi connectivity index (χ0) is 34.5. The van der Waals surface area contributed by atoms with E-state index in [4.69, 9.17) is 5.73 Å². The Bertz CT molecular complexity index is 1630. The Morgan fingerprint density at radius 1 is 0.851 bits per heavy atom. The molecule has 1 saturated heterocycles. The summed E-state index contributed by atoms with van der Waals surface area (Å²) >= 11 is 0. The van der Waals surface area contributed by atoms with Crippen molar-refractivity contribution in [3.63, 3.8) is 0 Å². The van der Waals surface area contributed by atoms with Gasteiger partial charge in [0.25, 0.3) is 5.91 Å². The van der Waals surface area contributed by atoms with Crippen molar-refractivity contribution in [3.8, 4) is 0 Å². The molecule has 12 nitrogen and oxygen atoms in total. The first-order chi connectivity index (χ1) is 22.3. The number of urea groups is 1. The second-order valence-electron chi connectivity index (χ2n) is 12.0. The highest BCUT2D eigenvalue weighted by molar-refractivity contribution is 6.18. The number of hydrogen-bond acceptors (Lipinski definition) is 7. The minimum atomic E-state index is -2.25. The van der Waals surface area contributed by atoms with Crippen molar-refractivity contribution in [1.82, 2.24) is 9.80 Å². The van der Waals surface area contributed by atoms with Gasteiger partial charge in [0.05, 0.1) is 12.5 Å². The van der Waals surface area contributed by atoms with E-state index in [0.717, 1.165) is 10.5 Å². The lowest BCUT2D eigenvalue weighted by Crippen LogP contribution is -2.60. The van der Waals surface area contributed by atoms with Gasteiger partial charge in [0.2, 0.25) is 5.91 Å². The molecule has 0 bridgehead atoms. The lowest BCUT2D eigenvalue weighted by Gasteiger charge is -2.34. The zero-order valence-electron chi connectivity index (χ0n) is 26.4. The van der Waals surface area contributed by atoms with Crippen LogP contribution in [-0.2, 0) is 36.1 Å². The molecule has 4 rings (SSSR count). The van der Waals surface area contributed by atoms with Gasteiger partial charge in [0.1, 0.15) is 11.6 Å². The third kappa shape index (κ3) is 7.07. The number of anilines is 1. The fraction of sp³-hybridized carbons (Fsp3) is 0.314. The third-order valence-electron chi connectivity index (χ3n) is 8.21. The number of benzene rings is 3. The molecule has 0 aromatic heterocycles. The fourth-order valence-corrected chi connectivity index (χ4v) is 5.85. The predicted molar refractivity (Wildman–Crippen MR) is 172 cm³/mol. The van der Waals surface area contributed by atoms with E-state index in [1.54, 1.807) is 81.4 Å². The second-order valence-corrected chi connectivity index (χ2v) is 12.0. The molecule has 47 heavy (non-hydrogen) atoms. The number of carboxylic acids is 2. The normalized spacial score (nSPS) is 18.1. The maximum Gasteiger partial charge on any atom is 0.334 e. The lowest BCUT2D eigenvalue weighted by molar-refractivity contribution is -0.148. The third-order valence-corrected chi connectivity index (χ3v) is 8.21. The van der Waals surface area contributed by atoms with Gasteiger partial charge in [0, 0.05) is 12.2 Å². The molecule has 4 amide bonds. The van der Waals surface area contributed by atoms with Crippen LogP contribution in [0.4, 0.5) is 10.5 Å². The summed E-state index contributed by atoms with van der Waals surface area (Å²) in [5.41, 5.74) is 5.52. The van der Waals surface area contributed by atoms with E-state index in [0.29, 0.717) is 10.5 Å². The number of para-hydroxylation sites is 1. The minimum Gasteiger partial charge on any atom is -0.481 e. The van der Waals surface area contributed by atoms with Crippen molar-refractivity contribution >= 4 is 41.3 Å². The molecule has 0 radical (unpaired) electrons. The molecule has 1 aliphatic rings. The summed E-state index contributed by atoms with van der Waals surface area (Å²) in [7, 11) is 0. The fourth-order valence-electron chi connectivity index (χ4n) is 5.85. The molecule has 1 heterocycles. The minimum absolute atomic E-state index is 0.0108. The Morgan fingerprint density at radius 3 is 1.89 bits per heavy atom. The number of carbonyl (C=O) groups is 6. The van der Waals surface area contributed by atoms with Crippen molar-refractivity contribution in [1.29, 1.82) is 0 Å². The van der Waals surface area contributed by atoms with E-state index in [1.165, 1.54) is 29.2 Å². The molecular formula is C35H38N4O8. The van der Waals surface area contributed by atoms with Crippen molar-refractivity contribution < 1.29 is 39.0 Å². The van der Waals surface area contributed by atoms with Crippen molar-refractivity contribution in [2.45, 2.75) is 63.8 Å². The highest BCUT2D eigenvalue weighted by atomic mass is 16.4. The second kappa shape index (κ2) is 14.4. The van der Waals surface area contributed by atoms with Gasteiger partial charge >= 0.3 is 18.0 Å². The van der Waals surface area contributed by atoms with E-state index in [1.807, 2.05) is 6.07 Å². The summed E-state index contributed by atoms with van der Waals surface area (Å²) in [6.45, 7) is 5.10. The van der Waals surface area contributed by atoms with E-state index in [-0.39, 0.29) is 24.6 Å². The Morgan fingerprint density at radius 2 is 1.38 bits per heavy atom. The summed E-state index contributed by atoms with van der Waals surface area (Å²) in [6, 6.07) is 18.7. The number of rotatable bonds is 14. The average Bonchev–Trinajstić information content (AvgIpc) is 3.23. The smallest absolute Gasteiger partial charge is 0.334 e. The summed E-state index contributed by atoms with van der Waals surface area (Å²) in [4.78, 5) is 84.4. The van der Waals surface area contributed by atoms with Gasteiger partial charge in [0.15, 0.2) is 11.8 Å². The number of carboxylic acid groups (broad SMARTS) is 2. The van der Waals surface area contributed by atoms with E-state index < -0.39 is 65.7 Å². The Labute approximate surface area is 272 Å². The van der Waals surface area contributed by atoms with Crippen LogP contribution in [0.15, 0.2) is 91.0 Å². The number of nitrogens with zero attached hydrogens (tertiary/aromatic N) is 3. The van der Waals surface area contributed by atoms with Crippen LogP contribution in [0.1, 0.15) is 44.7 Å². The van der Waals surface area contributed by atoms with Crippen LogP contribution >= 0.6 is 0 Å². The molecule has 3 aromatic rings. The predicted octanol–water partition coefficient (Wildman–Crippen LogP) is 3.64. The van der Waals surface area contributed by atoms with Crippen molar-refractivity contribution in [2.24, 2.45) is 11.7 Å². The van der Waals surface area contributed by atoms with Crippen LogP contribution in [0.2, 0.25) is 0 Å². The van der Waals surface area contributed by atoms with Crippen LogP contribution in [0, 0.1) is 5.92 Å². The molecule has 3 aromatic carbocycles. The van der Waals surface area contributed by atoms with Gasteiger partial charge in [-0.3, -0.25) is 29.0 Å². The van der Waals surface area contributed by atoms with Crippen molar-refractivity contribution in [3.05, 3.63) is 102 Å². The van der Waals surface area contributed by atoms with E-state index >= 15 is 0 Å². The Balaban J connectivity index is 1.86. The van der Waals surface area contributed by atoms with Gasteiger partial charge in [-0.05, 0) is 42.5 Å². The Kier molecular flexibility index (Phi) is 10.6. The zero-order valence-corrected chi connectivity index (χ0v) is 26.4. The van der Waals surface area contributed by atoms with Crippen molar-refractivity contribution in [2.75, 3.05) is 4.90 Å². The summed E-state index contributed by atoms with van der Waals surface area (Å²) in [5, 5.41) is 19.8. The Hall–Kier alpha value is -5.36. The van der Waals surface area contributed by atoms with E-state index in [9.17, 15) is 39.0 Å². The molecular weight excluding hydrogens is 604 g/mol. The number of imide groups is 1. The molecule has 0 saturated carbocycles. The van der Waals surface area contributed by atoms with Gasteiger partial charge in [-0.2, -0.15) is 0 Å². The first kappa shape index (κ1) is 34.5. The monoisotopic (exact) mass is 642 g/mol. The molecule has 0 aliphatic carbocycles. The highest BCUT2D eigenvalue weighted by Crippen LogP contribution is 2.40. The standard InChI is InChI=1S/C35H38N4O8/c1-22(2)19-27(30(42)29(32(44)45)38(25-17-11-6-12-18-25)31(43)26(36)20-28(40)41)39-33(46)35(3,24-15-9-5-10-16-24)37(34(39)47)21-23-13-7-4-8-14-23/h4-18,22,26-27,29H,19-21,36H2,1-3H3,(H,40,41)(H,44,45)/t26-,27+,29-,35-/m0/s1. The van der Waals surface area contributed by atoms with Gasteiger partial charge in [-0.15, -0.1) is 0 Å². The number of Topliss-reactive ketones (excluding diaryl/α,β-unsaturated/α-hetero) is 1. The average molecular weight is 643 g/mol. The van der Waals surface area contributed by atoms with Crippen LogP contribution < -0.4 is 10.6 Å². The quantitative estimate of drug-likeness (QED) is 0.175. The molecule has 4 atom stereocenters. The van der Waals surface area contributed by atoms with Crippen LogP contribution in [0.25, 0.3) is 0 Å². The maximum atomic E-state index is 14.6. The number of aliphatic carboxylic acids is 2. The molecule has 4 N–H and O–H groups in total. The van der Waals surface area contributed by atoms with E-state index in [2.05, 4.69) is 0 Å². The lowest BCUT2D eigenvalue weighted by atomic mass is 9.88. The molecule has 0 spiro atoms. The van der Waals surface area contributed by atoms with Gasteiger partial charge in [-0.1, -0.05) is 92.7 Å². The van der Waals surface area contributed by atoms with Gasteiger partial charge in [-0.25, -0.2) is 9.59 Å².